The Morgan fingerprint density at radius 2 is 2.05 bits per heavy atom. The fourth-order valence-corrected chi connectivity index (χ4v) is 2.92. The number of nitrogens with one attached hydrogen (secondary N) is 1. The summed E-state index contributed by atoms with van der Waals surface area (Å²) in [5.74, 6) is 0. The molecule has 0 radical (unpaired) electrons. The van der Waals surface area contributed by atoms with E-state index in [1.165, 1.54) is 0 Å². The second-order valence-electron chi connectivity index (χ2n) is 5.54. The van der Waals surface area contributed by atoms with Crippen LogP contribution in [0.5, 0.6) is 0 Å². The van der Waals surface area contributed by atoms with Crippen LogP contribution in [0.25, 0.3) is 0 Å². The van der Waals surface area contributed by atoms with Crippen molar-refractivity contribution in [2.75, 3.05) is 23.3 Å². The monoisotopic (exact) mass is 297 g/mol. The predicted molar refractivity (Wildman–Crippen MR) is 88.4 cm³/mol. The maximum Gasteiger partial charge on any atom is 0.272 e. The minimum Gasteiger partial charge on any atom is -0.383 e. The van der Waals surface area contributed by atoms with E-state index in [1.54, 1.807) is 12.1 Å². The lowest BCUT2D eigenvalue weighted by atomic mass is 10.1. The molecule has 1 aliphatic heterocycles. The molecule has 0 bridgehead atoms. The zero-order valence-corrected chi connectivity index (χ0v) is 12.6. The first-order chi connectivity index (χ1) is 10.7. The number of benzene rings is 2. The Kier molecular flexibility index (Phi) is 3.96. The van der Waals surface area contributed by atoms with Crippen LogP contribution in [-0.4, -0.2) is 18.0 Å². The highest BCUT2D eigenvalue weighted by molar-refractivity contribution is 5.71. The van der Waals surface area contributed by atoms with Crippen molar-refractivity contribution >= 4 is 17.1 Å². The molecule has 1 heterocycles. The number of anilines is 2. The van der Waals surface area contributed by atoms with E-state index in [0.717, 1.165) is 42.0 Å². The molecule has 3 rings (SSSR count). The van der Waals surface area contributed by atoms with Gasteiger partial charge in [0.05, 0.1) is 16.3 Å². The number of nitro groups is 1. The van der Waals surface area contributed by atoms with Gasteiger partial charge in [-0.05, 0) is 31.0 Å². The highest BCUT2D eigenvalue weighted by Gasteiger charge is 2.18. The average molecular weight is 297 g/mol. The van der Waals surface area contributed by atoms with Crippen LogP contribution in [0.3, 0.4) is 0 Å². The number of hydrogen-bond acceptors (Lipinski definition) is 4. The number of para-hydroxylation sites is 2. The van der Waals surface area contributed by atoms with Gasteiger partial charge in [0.2, 0.25) is 0 Å². The third-order valence-corrected chi connectivity index (χ3v) is 4.14. The highest BCUT2D eigenvalue weighted by atomic mass is 16.6. The quantitative estimate of drug-likeness (QED) is 0.693. The maximum absolute atomic E-state index is 11.1. The number of fused-ring (bicyclic) bond motifs is 1. The Hall–Kier alpha value is -2.56. The fraction of sp³-hybridized carbons (Fsp3) is 0.294. The van der Waals surface area contributed by atoms with Gasteiger partial charge in [-0.15, -0.1) is 0 Å². The minimum absolute atomic E-state index is 0.193. The van der Waals surface area contributed by atoms with Crippen molar-refractivity contribution < 1.29 is 4.92 Å². The molecule has 5 heteroatoms. The van der Waals surface area contributed by atoms with E-state index >= 15 is 0 Å². The SMILES string of the molecule is Cc1c(CN2CCCNc3ccccc32)cccc1[N+](=O)[O-]. The summed E-state index contributed by atoms with van der Waals surface area (Å²) in [6.07, 6.45) is 1.04. The Bertz CT molecular complexity index is 700. The molecule has 5 nitrogen and oxygen atoms in total. The van der Waals surface area contributed by atoms with Gasteiger partial charge in [0.1, 0.15) is 0 Å². The zero-order chi connectivity index (χ0) is 15.5. The van der Waals surface area contributed by atoms with Crippen LogP contribution in [0.1, 0.15) is 17.5 Å². The van der Waals surface area contributed by atoms with Crippen molar-refractivity contribution in [3.63, 3.8) is 0 Å². The summed E-state index contributed by atoms with van der Waals surface area (Å²) in [4.78, 5) is 13.1. The van der Waals surface area contributed by atoms with Crippen LogP contribution in [0.2, 0.25) is 0 Å². The van der Waals surface area contributed by atoms with Crippen LogP contribution in [-0.2, 0) is 6.54 Å². The van der Waals surface area contributed by atoms with Crippen molar-refractivity contribution in [1.82, 2.24) is 0 Å². The summed E-state index contributed by atoms with van der Waals surface area (Å²) in [5, 5.41) is 14.5. The molecule has 22 heavy (non-hydrogen) atoms. The van der Waals surface area contributed by atoms with Crippen molar-refractivity contribution in [1.29, 1.82) is 0 Å². The second kappa shape index (κ2) is 6.05. The maximum atomic E-state index is 11.1. The van der Waals surface area contributed by atoms with E-state index in [2.05, 4.69) is 22.3 Å². The van der Waals surface area contributed by atoms with E-state index in [9.17, 15) is 10.1 Å². The van der Waals surface area contributed by atoms with Crippen molar-refractivity contribution in [3.05, 3.63) is 63.7 Å². The van der Waals surface area contributed by atoms with Crippen LogP contribution in [0.4, 0.5) is 17.1 Å². The number of hydrogen-bond donors (Lipinski definition) is 1. The molecule has 0 amide bonds. The smallest absolute Gasteiger partial charge is 0.272 e. The summed E-state index contributed by atoms with van der Waals surface area (Å²) < 4.78 is 0. The van der Waals surface area contributed by atoms with Crippen molar-refractivity contribution in [3.8, 4) is 0 Å². The van der Waals surface area contributed by atoms with Gasteiger partial charge in [-0.1, -0.05) is 24.3 Å². The molecule has 2 aromatic carbocycles. The lowest BCUT2D eigenvalue weighted by Gasteiger charge is -2.25. The Morgan fingerprint density at radius 1 is 1.23 bits per heavy atom. The lowest BCUT2D eigenvalue weighted by molar-refractivity contribution is -0.385. The normalized spacial score (nSPS) is 14.0. The third kappa shape index (κ3) is 2.74. The Balaban J connectivity index is 1.93. The Labute approximate surface area is 129 Å². The zero-order valence-electron chi connectivity index (χ0n) is 12.6. The van der Waals surface area contributed by atoms with Gasteiger partial charge in [0, 0.05) is 31.3 Å². The van der Waals surface area contributed by atoms with Crippen molar-refractivity contribution in [2.45, 2.75) is 19.9 Å². The van der Waals surface area contributed by atoms with E-state index < -0.39 is 0 Å². The number of nitro benzene ring substituents is 1. The van der Waals surface area contributed by atoms with Crippen molar-refractivity contribution in [2.24, 2.45) is 0 Å². The van der Waals surface area contributed by atoms with E-state index in [-0.39, 0.29) is 10.6 Å². The summed E-state index contributed by atoms with van der Waals surface area (Å²) >= 11 is 0. The second-order valence-corrected chi connectivity index (χ2v) is 5.54. The summed E-state index contributed by atoms with van der Waals surface area (Å²) in [5.41, 5.74) is 4.24. The first-order valence-electron chi connectivity index (χ1n) is 7.47. The van der Waals surface area contributed by atoms with Gasteiger partial charge in [-0.25, -0.2) is 0 Å². The van der Waals surface area contributed by atoms with Crippen LogP contribution >= 0.6 is 0 Å². The van der Waals surface area contributed by atoms with E-state index in [1.807, 2.05) is 25.1 Å². The van der Waals surface area contributed by atoms with Gasteiger partial charge >= 0.3 is 0 Å². The van der Waals surface area contributed by atoms with Crippen LogP contribution in [0.15, 0.2) is 42.5 Å². The average Bonchev–Trinajstić information content (AvgIpc) is 2.72. The molecule has 114 valence electrons. The van der Waals surface area contributed by atoms with Crippen LogP contribution in [0, 0.1) is 17.0 Å². The minimum atomic E-state index is -0.309. The van der Waals surface area contributed by atoms with Gasteiger partial charge in [0.25, 0.3) is 5.69 Å². The first kappa shape index (κ1) is 14.4. The van der Waals surface area contributed by atoms with E-state index in [0.29, 0.717) is 6.54 Å². The summed E-state index contributed by atoms with van der Waals surface area (Å²) in [6.45, 7) is 4.40. The van der Waals surface area contributed by atoms with Crippen LogP contribution < -0.4 is 10.2 Å². The molecular formula is C17H19N3O2. The molecule has 2 aromatic rings. The number of rotatable bonds is 3. The summed E-state index contributed by atoms with van der Waals surface area (Å²) in [7, 11) is 0. The largest absolute Gasteiger partial charge is 0.383 e. The molecule has 0 fully saturated rings. The molecule has 1 N–H and O–H groups in total. The molecule has 0 saturated heterocycles. The lowest BCUT2D eigenvalue weighted by Crippen LogP contribution is -2.23. The van der Waals surface area contributed by atoms with Gasteiger partial charge in [-0.2, -0.15) is 0 Å². The number of nitrogens with zero attached hydrogens (tertiary/aromatic N) is 2. The molecule has 0 aromatic heterocycles. The highest BCUT2D eigenvalue weighted by Crippen LogP contribution is 2.30. The van der Waals surface area contributed by atoms with Gasteiger partial charge < -0.3 is 10.2 Å². The van der Waals surface area contributed by atoms with E-state index in [4.69, 9.17) is 0 Å². The molecule has 1 aliphatic rings. The fourth-order valence-electron chi connectivity index (χ4n) is 2.92. The predicted octanol–water partition coefficient (Wildman–Crippen LogP) is 3.73. The third-order valence-electron chi connectivity index (χ3n) is 4.14. The molecule has 0 spiro atoms. The summed E-state index contributed by atoms with van der Waals surface area (Å²) in [6, 6.07) is 13.5. The topological polar surface area (TPSA) is 58.4 Å². The molecule has 0 saturated carbocycles. The van der Waals surface area contributed by atoms with Gasteiger partial charge in [-0.3, -0.25) is 10.1 Å². The molecular weight excluding hydrogens is 278 g/mol. The standard InChI is InChI=1S/C17H19N3O2/c1-13-14(6-4-9-16(13)20(21)22)12-19-11-5-10-18-15-7-2-3-8-17(15)19/h2-4,6-9,18H,5,10-12H2,1H3. The first-order valence-corrected chi connectivity index (χ1v) is 7.47. The molecule has 0 atom stereocenters. The molecule has 0 aliphatic carbocycles. The van der Waals surface area contributed by atoms with Gasteiger partial charge in [0.15, 0.2) is 0 Å². The molecule has 0 unspecified atom stereocenters. The Morgan fingerprint density at radius 3 is 2.86 bits per heavy atom.